The second-order valence-corrected chi connectivity index (χ2v) is 4.94. The first-order chi connectivity index (χ1) is 9.67. The molecule has 20 heavy (non-hydrogen) atoms. The van der Waals surface area contributed by atoms with Crippen LogP contribution in [0.4, 0.5) is 0 Å². The second kappa shape index (κ2) is 6.41. The molecule has 0 aliphatic heterocycles. The van der Waals surface area contributed by atoms with Crippen molar-refractivity contribution in [2.45, 2.75) is 38.3 Å². The summed E-state index contributed by atoms with van der Waals surface area (Å²) in [6, 6.07) is 6.06. The number of nitrogens with zero attached hydrogens (tertiary/aromatic N) is 1. The van der Waals surface area contributed by atoms with Crippen molar-refractivity contribution in [1.82, 2.24) is 4.90 Å². The quantitative estimate of drug-likeness (QED) is 0.740. The fourth-order valence-corrected chi connectivity index (χ4v) is 2.14. The molecule has 1 aromatic rings. The van der Waals surface area contributed by atoms with Gasteiger partial charge >= 0.3 is 5.97 Å². The van der Waals surface area contributed by atoms with Crippen molar-refractivity contribution >= 4 is 12.4 Å². The number of carboxylic acids is 1. The van der Waals surface area contributed by atoms with Crippen LogP contribution in [-0.2, 0) is 9.59 Å². The van der Waals surface area contributed by atoms with E-state index < -0.39 is 12.0 Å². The van der Waals surface area contributed by atoms with Gasteiger partial charge < -0.3 is 14.7 Å². The fourth-order valence-electron chi connectivity index (χ4n) is 2.14. The van der Waals surface area contributed by atoms with E-state index in [9.17, 15) is 14.7 Å². The van der Waals surface area contributed by atoms with Crippen LogP contribution in [0, 0.1) is 0 Å². The molecule has 108 valence electrons. The minimum atomic E-state index is -1.01. The van der Waals surface area contributed by atoms with Crippen LogP contribution < -0.4 is 4.74 Å². The lowest BCUT2D eigenvalue weighted by Crippen LogP contribution is -2.34. The second-order valence-electron chi connectivity index (χ2n) is 4.94. The Morgan fingerprint density at radius 1 is 1.45 bits per heavy atom. The first-order valence-electron chi connectivity index (χ1n) is 6.85. The maximum atomic E-state index is 11.5. The van der Waals surface area contributed by atoms with Gasteiger partial charge in [-0.25, -0.2) is 4.79 Å². The highest BCUT2D eigenvalue weighted by Gasteiger charge is 2.37. The number of amides is 1. The predicted octanol–water partition coefficient (Wildman–Crippen LogP) is 2.22. The number of ether oxygens (including phenoxy) is 1. The molecular weight excluding hydrogens is 258 g/mol. The first kappa shape index (κ1) is 14.4. The van der Waals surface area contributed by atoms with Gasteiger partial charge in [-0.05, 0) is 37.0 Å². The van der Waals surface area contributed by atoms with Crippen molar-refractivity contribution < 1.29 is 19.4 Å². The molecule has 5 heteroatoms. The van der Waals surface area contributed by atoms with Crippen molar-refractivity contribution in [3.63, 3.8) is 0 Å². The summed E-state index contributed by atoms with van der Waals surface area (Å²) in [6.45, 7) is 2.65. The highest BCUT2D eigenvalue weighted by molar-refractivity contribution is 5.78. The molecule has 1 aliphatic carbocycles. The Kier molecular flexibility index (Phi) is 4.61. The third kappa shape index (κ3) is 3.29. The molecule has 5 nitrogen and oxygen atoms in total. The fraction of sp³-hybridized carbons (Fsp3) is 0.467. The van der Waals surface area contributed by atoms with Crippen LogP contribution in [0.1, 0.15) is 37.8 Å². The first-order valence-corrected chi connectivity index (χ1v) is 6.85. The Morgan fingerprint density at radius 2 is 2.10 bits per heavy atom. The molecule has 1 aliphatic rings. The van der Waals surface area contributed by atoms with Crippen LogP contribution in [0.2, 0.25) is 0 Å². The van der Waals surface area contributed by atoms with Crippen LogP contribution in [0.3, 0.4) is 0 Å². The van der Waals surface area contributed by atoms with Crippen molar-refractivity contribution in [1.29, 1.82) is 0 Å². The summed E-state index contributed by atoms with van der Waals surface area (Å²) in [5, 5.41) is 9.38. The summed E-state index contributed by atoms with van der Waals surface area (Å²) in [6.07, 6.45) is 3.30. The van der Waals surface area contributed by atoms with E-state index >= 15 is 0 Å². The van der Waals surface area contributed by atoms with Gasteiger partial charge in [0.2, 0.25) is 6.41 Å². The molecule has 1 saturated carbocycles. The van der Waals surface area contributed by atoms with Gasteiger partial charge in [0.05, 0.1) is 6.61 Å². The Labute approximate surface area is 118 Å². The third-order valence-electron chi connectivity index (χ3n) is 3.29. The molecule has 1 amide bonds. The van der Waals surface area contributed by atoms with Gasteiger partial charge in [0.15, 0.2) is 6.04 Å². The number of rotatable bonds is 8. The van der Waals surface area contributed by atoms with Crippen molar-refractivity contribution in [2.24, 2.45) is 0 Å². The van der Waals surface area contributed by atoms with Gasteiger partial charge in [0, 0.05) is 6.04 Å². The number of aliphatic carboxylic acids is 1. The van der Waals surface area contributed by atoms with Gasteiger partial charge in [-0.3, -0.25) is 4.79 Å². The Hall–Kier alpha value is -2.04. The maximum absolute atomic E-state index is 11.5. The van der Waals surface area contributed by atoms with E-state index in [2.05, 4.69) is 0 Å². The minimum absolute atomic E-state index is 0.0598. The highest BCUT2D eigenvalue weighted by Crippen LogP contribution is 2.33. The molecule has 1 aromatic carbocycles. The van der Waals surface area contributed by atoms with Crippen LogP contribution in [-0.4, -0.2) is 35.0 Å². The average Bonchev–Trinajstić information content (AvgIpc) is 3.27. The monoisotopic (exact) mass is 277 g/mol. The van der Waals surface area contributed by atoms with E-state index in [-0.39, 0.29) is 6.04 Å². The number of carbonyl (C=O) groups is 2. The van der Waals surface area contributed by atoms with Crippen LogP contribution in [0.25, 0.3) is 0 Å². The average molecular weight is 277 g/mol. The summed E-state index contributed by atoms with van der Waals surface area (Å²) in [5.74, 6) is -0.296. The van der Waals surface area contributed by atoms with Crippen molar-refractivity contribution in [3.8, 4) is 5.75 Å². The summed E-state index contributed by atoms with van der Waals surface area (Å²) >= 11 is 0. The van der Waals surface area contributed by atoms with E-state index in [1.807, 2.05) is 6.92 Å². The van der Waals surface area contributed by atoms with Gasteiger partial charge in [-0.2, -0.15) is 0 Å². The molecule has 2 rings (SSSR count). The van der Waals surface area contributed by atoms with E-state index in [0.717, 1.165) is 19.3 Å². The SMILES string of the molecule is CCCOc1ccc(C(C(=O)O)N(C=O)C2CC2)cc1. The Bertz CT molecular complexity index is 467. The number of hydrogen-bond acceptors (Lipinski definition) is 3. The molecule has 0 spiro atoms. The van der Waals surface area contributed by atoms with E-state index in [1.165, 1.54) is 4.90 Å². The lowest BCUT2D eigenvalue weighted by atomic mass is 10.1. The summed E-state index contributed by atoms with van der Waals surface area (Å²) in [7, 11) is 0. The molecule has 0 saturated heterocycles. The molecule has 0 bridgehead atoms. The summed E-state index contributed by atoms with van der Waals surface area (Å²) in [4.78, 5) is 24.0. The van der Waals surface area contributed by atoms with E-state index in [1.54, 1.807) is 24.3 Å². The van der Waals surface area contributed by atoms with Crippen LogP contribution >= 0.6 is 0 Å². The van der Waals surface area contributed by atoms with E-state index in [0.29, 0.717) is 24.3 Å². The lowest BCUT2D eigenvalue weighted by Gasteiger charge is -2.25. The Balaban J connectivity index is 2.16. The zero-order valence-corrected chi connectivity index (χ0v) is 11.5. The largest absolute Gasteiger partial charge is 0.494 e. The lowest BCUT2D eigenvalue weighted by molar-refractivity contribution is -0.147. The van der Waals surface area contributed by atoms with Gasteiger partial charge in [-0.1, -0.05) is 19.1 Å². The van der Waals surface area contributed by atoms with Crippen molar-refractivity contribution in [2.75, 3.05) is 6.61 Å². The molecule has 1 atom stereocenters. The van der Waals surface area contributed by atoms with Gasteiger partial charge in [0.1, 0.15) is 5.75 Å². The van der Waals surface area contributed by atoms with Crippen molar-refractivity contribution in [3.05, 3.63) is 29.8 Å². The molecule has 1 N–H and O–H groups in total. The number of carboxylic acid groups (broad SMARTS) is 1. The molecule has 1 unspecified atom stereocenters. The predicted molar refractivity (Wildman–Crippen MR) is 73.5 cm³/mol. The summed E-state index contributed by atoms with van der Waals surface area (Å²) < 4.78 is 5.47. The van der Waals surface area contributed by atoms with Gasteiger partial charge in [-0.15, -0.1) is 0 Å². The number of carbonyl (C=O) groups excluding carboxylic acids is 1. The molecule has 0 aromatic heterocycles. The topological polar surface area (TPSA) is 66.8 Å². The highest BCUT2D eigenvalue weighted by atomic mass is 16.5. The van der Waals surface area contributed by atoms with Gasteiger partial charge in [0.25, 0.3) is 0 Å². The normalized spacial score (nSPS) is 15.4. The molecular formula is C15H19NO4. The molecule has 1 fully saturated rings. The smallest absolute Gasteiger partial charge is 0.331 e. The number of hydrogen-bond donors (Lipinski definition) is 1. The van der Waals surface area contributed by atoms with Crippen LogP contribution in [0.5, 0.6) is 5.75 Å². The van der Waals surface area contributed by atoms with Crippen LogP contribution in [0.15, 0.2) is 24.3 Å². The maximum Gasteiger partial charge on any atom is 0.331 e. The third-order valence-corrected chi connectivity index (χ3v) is 3.29. The Morgan fingerprint density at radius 3 is 2.55 bits per heavy atom. The standard InChI is InChI=1S/C15H19NO4/c1-2-9-20-13-7-3-11(4-8-13)14(15(18)19)16(10-17)12-5-6-12/h3-4,7-8,10,12,14H,2,5-6,9H2,1H3,(H,18,19). The summed E-state index contributed by atoms with van der Waals surface area (Å²) in [5.41, 5.74) is 0.598. The molecule has 0 heterocycles. The zero-order valence-electron chi connectivity index (χ0n) is 11.5. The minimum Gasteiger partial charge on any atom is -0.494 e. The zero-order chi connectivity index (χ0) is 14.5. The number of benzene rings is 1. The molecule has 0 radical (unpaired) electrons. The van der Waals surface area contributed by atoms with E-state index in [4.69, 9.17) is 4.74 Å².